The second kappa shape index (κ2) is 9.39. The van der Waals surface area contributed by atoms with Crippen LogP contribution >= 0.6 is 11.8 Å². The molecule has 0 amide bonds. The molecular weight excluding hydrogens is 442 g/mol. The topological polar surface area (TPSA) is 54.3 Å². The third-order valence-corrected chi connectivity index (χ3v) is 7.81. The molecule has 3 heterocycles. The number of anilines is 1. The van der Waals surface area contributed by atoms with Gasteiger partial charge in [-0.25, -0.2) is 0 Å². The quantitative estimate of drug-likeness (QED) is 0.362. The van der Waals surface area contributed by atoms with Crippen LogP contribution in [0, 0.1) is 0 Å². The number of allylic oxidation sites excluding steroid dienone is 2. The average Bonchev–Trinajstić information content (AvgIpc) is 3.55. The molecule has 176 valence electrons. The number of nitrogens with zero attached hydrogens (tertiary/aromatic N) is 5. The van der Waals surface area contributed by atoms with Crippen molar-refractivity contribution in [1.29, 1.82) is 0 Å². The van der Waals surface area contributed by atoms with Gasteiger partial charge in [-0.3, -0.25) is 14.3 Å². The van der Waals surface area contributed by atoms with Crippen molar-refractivity contribution in [2.24, 2.45) is 0 Å². The number of rotatable bonds is 7. The highest BCUT2D eigenvalue weighted by Gasteiger charge is 2.38. The number of carbonyl (C=O) groups excluding carboxylic acids is 1. The Labute approximate surface area is 205 Å². The standard InChI is InChI=1S/C27H31N5OS/c1-27(2)22-13-7-8-14-23(22)30(3)24(27)17-21(33)19-34-26-29-28-25(18-31-15-9-10-16-31)32(26)20-11-5-4-6-12-20/h4-8,11-14,17H,9-10,15-16,18-19H2,1-3H3/b24-17-. The molecule has 0 radical (unpaired) electrons. The highest BCUT2D eigenvalue weighted by atomic mass is 32.2. The predicted molar refractivity (Wildman–Crippen MR) is 138 cm³/mol. The molecule has 0 unspecified atom stereocenters. The van der Waals surface area contributed by atoms with Gasteiger partial charge in [0.1, 0.15) is 0 Å². The SMILES string of the molecule is CN1/C(=C\C(=O)CSc2nnc(CN3CCCC3)n2-c2ccccc2)C(C)(C)c2ccccc21. The van der Waals surface area contributed by atoms with Crippen LogP contribution < -0.4 is 4.90 Å². The third kappa shape index (κ3) is 4.30. The minimum Gasteiger partial charge on any atom is -0.347 e. The van der Waals surface area contributed by atoms with Gasteiger partial charge < -0.3 is 4.90 Å². The molecule has 1 saturated heterocycles. The Bertz CT molecular complexity index is 1210. The molecule has 0 saturated carbocycles. The van der Waals surface area contributed by atoms with E-state index in [1.807, 2.05) is 31.3 Å². The first-order chi connectivity index (χ1) is 16.4. The highest BCUT2D eigenvalue weighted by Crippen LogP contribution is 2.46. The lowest BCUT2D eigenvalue weighted by atomic mass is 9.83. The van der Waals surface area contributed by atoms with Crippen LogP contribution in [-0.2, 0) is 16.8 Å². The van der Waals surface area contributed by atoms with Gasteiger partial charge in [-0.05, 0) is 49.7 Å². The Hall–Kier alpha value is -2.90. The van der Waals surface area contributed by atoms with Gasteiger partial charge in [-0.15, -0.1) is 10.2 Å². The number of para-hydroxylation sites is 2. The molecule has 34 heavy (non-hydrogen) atoms. The Morgan fingerprint density at radius 2 is 1.74 bits per heavy atom. The maximum atomic E-state index is 13.1. The lowest BCUT2D eigenvalue weighted by Gasteiger charge is -2.23. The van der Waals surface area contributed by atoms with Gasteiger partial charge in [-0.2, -0.15) is 0 Å². The van der Waals surface area contributed by atoms with Gasteiger partial charge in [0.05, 0.1) is 12.3 Å². The predicted octanol–water partition coefficient (Wildman–Crippen LogP) is 4.84. The van der Waals surface area contributed by atoms with Crippen molar-refractivity contribution in [3.8, 4) is 5.69 Å². The number of aromatic nitrogens is 3. The lowest BCUT2D eigenvalue weighted by molar-refractivity contribution is -0.112. The Morgan fingerprint density at radius 3 is 2.47 bits per heavy atom. The van der Waals surface area contributed by atoms with Crippen molar-refractivity contribution in [1.82, 2.24) is 19.7 Å². The third-order valence-electron chi connectivity index (χ3n) is 6.86. The van der Waals surface area contributed by atoms with Crippen LogP contribution in [0.3, 0.4) is 0 Å². The maximum absolute atomic E-state index is 13.1. The van der Waals surface area contributed by atoms with Gasteiger partial charge in [0, 0.05) is 35.6 Å². The van der Waals surface area contributed by atoms with Gasteiger partial charge in [-0.1, -0.05) is 62.0 Å². The molecular formula is C27H31N5OS. The van der Waals surface area contributed by atoms with E-state index in [0.29, 0.717) is 5.75 Å². The van der Waals surface area contributed by atoms with E-state index in [9.17, 15) is 4.79 Å². The summed E-state index contributed by atoms with van der Waals surface area (Å²) >= 11 is 1.46. The maximum Gasteiger partial charge on any atom is 0.196 e. The van der Waals surface area contributed by atoms with Gasteiger partial charge in [0.2, 0.25) is 0 Å². The monoisotopic (exact) mass is 473 g/mol. The molecule has 0 atom stereocenters. The van der Waals surface area contributed by atoms with Crippen molar-refractivity contribution in [2.75, 3.05) is 30.8 Å². The molecule has 0 N–H and O–H groups in total. The molecule has 0 bridgehead atoms. The number of ketones is 1. The molecule has 1 fully saturated rings. The van der Waals surface area contributed by atoms with Crippen LogP contribution in [-0.4, -0.2) is 51.3 Å². The van der Waals surface area contributed by atoms with Crippen LogP contribution in [0.25, 0.3) is 5.69 Å². The van der Waals surface area contributed by atoms with Crippen molar-refractivity contribution in [3.63, 3.8) is 0 Å². The first kappa shape index (κ1) is 22.9. The molecule has 6 nitrogen and oxygen atoms in total. The fourth-order valence-electron chi connectivity index (χ4n) is 5.06. The molecule has 3 aromatic rings. The van der Waals surface area contributed by atoms with E-state index in [1.165, 1.54) is 30.2 Å². The Morgan fingerprint density at radius 1 is 1.03 bits per heavy atom. The lowest BCUT2D eigenvalue weighted by Crippen LogP contribution is -2.24. The second-order valence-electron chi connectivity index (χ2n) is 9.54. The van der Waals surface area contributed by atoms with E-state index >= 15 is 0 Å². The largest absolute Gasteiger partial charge is 0.347 e. The van der Waals surface area contributed by atoms with E-state index in [2.05, 4.69) is 68.7 Å². The van der Waals surface area contributed by atoms with Crippen LogP contribution in [0.2, 0.25) is 0 Å². The van der Waals surface area contributed by atoms with Crippen LogP contribution in [0.1, 0.15) is 38.1 Å². The molecule has 2 aromatic carbocycles. The summed E-state index contributed by atoms with van der Waals surface area (Å²) in [6.45, 7) is 7.33. The molecule has 1 aromatic heterocycles. The number of hydrogen-bond acceptors (Lipinski definition) is 6. The van der Waals surface area contributed by atoms with E-state index in [1.54, 1.807) is 6.08 Å². The van der Waals surface area contributed by atoms with Gasteiger partial charge in [0.25, 0.3) is 0 Å². The average molecular weight is 474 g/mol. The second-order valence-corrected chi connectivity index (χ2v) is 10.5. The van der Waals surface area contributed by atoms with Crippen molar-refractivity contribution in [3.05, 3.63) is 77.8 Å². The summed E-state index contributed by atoms with van der Waals surface area (Å²) in [7, 11) is 2.04. The van der Waals surface area contributed by atoms with Crippen molar-refractivity contribution >= 4 is 23.2 Å². The first-order valence-corrected chi connectivity index (χ1v) is 12.9. The van der Waals surface area contributed by atoms with Gasteiger partial charge >= 0.3 is 0 Å². The summed E-state index contributed by atoms with van der Waals surface area (Å²) in [4.78, 5) is 17.7. The summed E-state index contributed by atoms with van der Waals surface area (Å²) in [6, 6.07) is 18.6. The number of thioether (sulfide) groups is 1. The van der Waals surface area contributed by atoms with Crippen LogP contribution in [0.5, 0.6) is 0 Å². The summed E-state index contributed by atoms with van der Waals surface area (Å²) in [6.07, 6.45) is 4.28. The van der Waals surface area contributed by atoms with Crippen LogP contribution in [0.4, 0.5) is 5.69 Å². The first-order valence-electron chi connectivity index (χ1n) is 11.9. The fourth-order valence-corrected chi connectivity index (χ4v) is 5.86. The smallest absolute Gasteiger partial charge is 0.196 e. The molecule has 0 spiro atoms. The minimum absolute atomic E-state index is 0.0800. The number of benzene rings is 2. The van der Waals surface area contributed by atoms with Crippen molar-refractivity contribution < 1.29 is 4.79 Å². The van der Waals surface area contributed by atoms with E-state index in [0.717, 1.165) is 47.7 Å². The van der Waals surface area contributed by atoms with Gasteiger partial charge in [0.15, 0.2) is 16.8 Å². The van der Waals surface area contributed by atoms with E-state index in [-0.39, 0.29) is 11.2 Å². The Balaban J connectivity index is 1.36. The summed E-state index contributed by atoms with van der Waals surface area (Å²) in [5.41, 5.74) is 4.26. The minimum atomic E-state index is -0.210. The number of carbonyl (C=O) groups is 1. The fraction of sp³-hybridized carbons (Fsp3) is 0.370. The highest BCUT2D eigenvalue weighted by molar-refractivity contribution is 7.99. The Kier molecular flexibility index (Phi) is 6.32. The summed E-state index contributed by atoms with van der Waals surface area (Å²) in [5, 5.41) is 9.75. The number of fused-ring (bicyclic) bond motifs is 1. The van der Waals surface area contributed by atoms with E-state index in [4.69, 9.17) is 0 Å². The number of hydrogen-bond donors (Lipinski definition) is 0. The summed E-state index contributed by atoms with van der Waals surface area (Å²) in [5.74, 6) is 1.32. The molecule has 2 aliphatic rings. The zero-order valence-electron chi connectivity index (χ0n) is 20.1. The van der Waals surface area contributed by atoms with E-state index < -0.39 is 0 Å². The van der Waals surface area contributed by atoms with Crippen molar-refractivity contribution in [2.45, 2.75) is 43.8 Å². The molecule has 0 aliphatic carbocycles. The van der Waals surface area contributed by atoms with Crippen LogP contribution in [0.15, 0.2) is 71.5 Å². The zero-order valence-corrected chi connectivity index (χ0v) is 20.9. The number of likely N-dealkylation sites (N-methyl/N-ethyl adjacent to an activating group) is 1. The molecule has 2 aliphatic heterocycles. The molecule has 5 rings (SSSR count). The summed E-state index contributed by atoms with van der Waals surface area (Å²) < 4.78 is 2.10. The molecule has 7 heteroatoms. The normalized spacial score (nSPS) is 18.6. The zero-order chi connectivity index (χ0) is 23.7. The number of likely N-dealkylation sites (tertiary alicyclic amines) is 1.